The molecule has 1 rings (SSSR count). The lowest BCUT2D eigenvalue weighted by Crippen LogP contribution is -2.00. The standard InChI is InChI=1S/C10H13NO4/c1-6(2)9-7(12)4-5-8(15-3)10(9)11(13)14/h4-6,12H,1-3H3. The van der Waals surface area contributed by atoms with Gasteiger partial charge in [0.25, 0.3) is 0 Å². The van der Waals surface area contributed by atoms with Crippen LogP contribution in [0.2, 0.25) is 0 Å². The molecular weight excluding hydrogens is 198 g/mol. The van der Waals surface area contributed by atoms with Gasteiger partial charge in [-0.05, 0) is 18.1 Å². The number of methoxy groups -OCH3 is 1. The molecular formula is C10H13NO4. The van der Waals surface area contributed by atoms with E-state index in [1.165, 1.54) is 19.2 Å². The van der Waals surface area contributed by atoms with Crippen LogP contribution in [0.4, 0.5) is 5.69 Å². The van der Waals surface area contributed by atoms with Crippen LogP contribution >= 0.6 is 0 Å². The molecule has 0 aliphatic rings. The largest absolute Gasteiger partial charge is 0.507 e. The summed E-state index contributed by atoms with van der Waals surface area (Å²) >= 11 is 0. The first-order chi connectivity index (χ1) is 6.99. The molecule has 0 radical (unpaired) electrons. The van der Waals surface area contributed by atoms with Crippen LogP contribution < -0.4 is 4.74 Å². The van der Waals surface area contributed by atoms with Crippen LogP contribution in [0.15, 0.2) is 12.1 Å². The van der Waals surface area contributed by atoms with Crippen molar-refractivity contribution in [2.24, 2.45) is 0 Å². The molecule has 0 amide bonds. The van der Waals surface area contributed by atoms with E-state index in [9.17, 15) is 15.2 Å². The predicted molar refractivity (Wildman–Crippen MR) is 55.4 cm³/mol. The van der Waals surface area contributed by atoms with Gasteiger partial charge in [0.1, 0.15) is 5.75 Å². The summed E-state index contributed by atoms with van der Waals surface area (Å²) in [5.41, 5.74) is 0.145. The lowest BCUT2D eigenvalue weighted by Gasteiger charge is -2.11. The summed E-state index contributed by atoms with van der Waals surface area (Å²) in [6.45, 7) is 3.56. The van der Waals surface area contributed by atoms with E-state index in [-0.39, 0.29) is 23.1 Å². The second kappa shape index (κ2) is 4.16. The summed E-state index contributed by atoms with van der Waals surface area (Å²) in [5, 5.41) is 20.4. The number of nitrogens with zero attached hydrogens (tertiary/aromatic N) is 1. The summed E-state index contributed by atoms with van der Waals surface area (Å²) in [7, 11) is 1.36. The molecule has 82 valence electrons. The number of phenolic OH excluding ortho intramolecular Hbond substituents is 1. The van der Waals surface area contributed by atoms with Crippen molar-refractivity contribution in [3.05, 3.63) is 27.8 Å². The molecule has 0 fully saturated rings. The number of benzene rings is 1. The number of rotatable bonds is 3. The Labute approximate surface area is 87.5 Å². The molecule has 0 bridgehead atoms. The monoisotopic (exact) mass is 211 g/mol. The van der Waals surface area contributed by atoms with Gasteiger partial charge in [-0.3, -0.25) is 10.1 Å². The number of phenols is 1. The topological polar surface area (TPSA) is 72.6 Å². The van der Waals surface area contributed by atoms with Gasteiger partial charge in [-0.25, -0.2) is 0 Å². The van der Waals surface area contributed by atoms with Crippen molar-refractivity contribution < 1.29 is 14.8 Å². The lowest BCUT2D eigenvalue weighted by atomic mass is 9.99. The Hall–Kier alpha value is -1.78. The molecule has 0 heterocycles. The first kappa shape index (κ1) is 11.3. The Bertz CT molecular complexity index is 387. The molecule has 0 atom stereocenters. The summed E-state index contributed by atoms with van der Waals surface area (Å²) in [4.78, 5) is 10.3. The Kier molecular flexibility index (Phi) is 3.14. The highest BCUT2D eigenvalue weighted by atomic mass is 16.6. The number of ether oxygens (including phenoxy) is 1. The van der Waals surface area contributed by atoms with Crippen molar-refractivity contribution in [1.29, 1.82) is 0 Å². The molecule has 1 N–H and O–H groups in total. The van der Waals surface area contributed by atoms with Crippen LogP contribution in [-0.2, 0) is 0 Å². The maximum Gasteiger partial charge on any atom is 0.318 e. The van der Waals surface area contributed by atoms with Crippen molar-refractivity contribution in [3.8, 4) is 11.5 Å². The Morgan fingerprint density at radius 3 is 2.47 bits per heavy atom. The minimum atomic E-state index is -0.534. The minimum absolute atomic E-state index is 0.0718. The van der Waals surface area contributed by atoms with Crippen LogP contribution in [0.3, 0.4) is 0 Å². The maximum atomic E-state index is 10.9. The Morgan fingerprint density at radius 2 is 2.07 bits per heavy atom. The van der Waals surface area contributed by atoms with E-state index in [4.69, 9.17) is 4.74 Å². The lowest BCUT2D eigenvalue weighted by molar-refractivity contribution is -0.386. The third-order valence-electron chi connectivity index (χ3n) is 2.14. The average Bonchev–Trinajstić information content (AvgIpc) is 2.16. The third kappa shape index (κ3) is 2.01. The van der Waals surface area contributed by atoms with Crippen LogP contribution in [0.5, 0.6) is 11.5 Å². The van der Waals surface area contributed by atoms with Gasteiger partial charge < -0.3 is 9.84 Å². The average molecular weight is 211 g/mol. The van der Waals surface area contributed by atoms with Gasteiger partial charge in [0.15, 0.2) is 5.75 Å². The van der Waals surface area contributed by atoms with E-state index in [0.717, 1.165) is 0 Å². The molecule has 0 aromatic heterocycles. The van der Waals surface area contributed by atoms with E-state index in [1.807, 2.05) is 0 Å². The molecule has 15 heavy (non-hydrogen) atoms. The number of nitro groups is 1. The summed E-state index contributed by atoms with van der Waals surface area (Å²) in [5.74, 6) is -0.0421. The van der Waals surface area contributed by atoms with Gasteiger partial charge in [-0.1, -0.05) is 13.8 Å². The molecule has 5 nitrogen and oxygen atoms in total. The van der Waals surface area contributed by atoms with E-state index >= 15 is 0 Å². The number of aromatic hydroxyl groups is 1. The maximum absolute atomic E-state index is 10.9. The van der Waals surface area contributed by atoms with E-state index in [0.29, 0.717) is 5.56 Å². The second-order valence-electron chi connectivity index (χ2n) is 3.46. The van der Waals surface area contributed by atoms with Crippen molar-refractivity contribution in [2.75, 3.05) is 7.11 Å². The fraction of sp³-hybridized carbons (Fsp3) is 0.400. The summed E-state index contributed by atoms with van der Waals surface area (Å²) in [6, 6.07) is 2.79. The van der Waals surface area contributed by atoms with Gasteiger partial charge in [-0.2, -0.15) is 0 Å². The van der Waals surface area contributed by atoms with E-state index in [2.05, 4.69) is 0 Å². The molecule has 0 spiro atoms. The summed E-state index contributed by atoms with van der Waals surface area (Å²) < 4.78 is 4.90. The smallest absolute Gasteiger partial charge is 0.318 e. The van der Waals surface area contributed by atoms with E-state index < -0.39 is 4.92 Å². The van der Waals surface area contributed by atoms with Gasteiger partial charge in [0, 0.05) is 0 Å². The molecule has 5 heteroatoms. The van der Waals surface area contributed by atoms with Gasteiger partial charge in [-0.15, -0.1) is 0 Å². The number of nitro benzene ring substituents is 1. The van der Waals surface area contributed by atoms with Crippen LogP contribution in [0.1, 0.15) is 25.3 Å². The van der Waals surface area contributed by atoms with Crippen molar-refractivity contribution in [3.63, 3.8) is 0 Å². The first-order valence-corrected chi connectivity index (χ1v) is 4.53. The molecule has 0 aliphatic heterocycles. The fourth-order valence-corrected chi connectivity index (χ4v) is 1.50. The zero-order chi connectivity index (χ0) is 11.6. The number of hydrogen-bond acceptors (Lipinski definition) is 4. The molecule has 0 saturated carbocycles. The Morgan fingerprint density at radius 1 is 1.47 bits per heavy atom. The number of hydrogen-bond donors (Lipinski definition) is 1. The van der Waals surface area contributed by atoms with Crippen LogP contribution in [0, 0.1) is 10.1 Å². The van der Waals surface area contributed by atoms with Crippen molar-refractivity contribution in [2.45, 2.75) is 19.8 Å². The van der Waals surface area contributed by atoms with E-state index in [1.54, 1.807) is 13.8 Å². The molecule has 1 aromatic carbocycles. The highest BCUT2D eigenvalue weighted by Crippen LogP contribution is 2.40. The second-order valence-corrected chi connectivity index (χ2v) is 3.46. The van der Waals surface area contributed by atoms with Gasteiger partial charge in [0.05, 0.1) is 17.6 Å². The predicted octanol–water partition coefficient (Wildman–Crippen LogP) is 2.43. The quantitative estimate of drug-likeness (QED) is 0.615. The van der Waals surface area contributed by atoms with Crippen molar-refractivity contribution >= 4 is 5.69 Å². The van der Waals surface area contributed by atoms with Gasteiger partial charge in [0.2, 0.25) is 0 Å². The molecule has 0 unspecified atom stereocenters. The van der Waals surface area contributed by atoms with Gasteiger partial charge >= 0.3 is 5.69 Å². The Balaban J connectivity index is 3.51. The highest BCUT2D eigenvalue weighted by Gasteiger charge is 2.25. The zero-order valence-corrected chi connectivity index (χ0v) is 8.85. The highest BCUT2D eigenvalue weighted by molar-refractivity contribution is 5.59. The van der Waals surface area contributed by atoms with Crippen molar-refractivity contribution in [1.82, 2.24) is 0 Å². The van der Waals surface area contributed by atoms with Crippen LogP contribution in [-0.4, -0.2) is 17.1 Å². The molecule has 1 aromatic rings. The molecule has 0 saturated heterocycles. The van der Waals surface area contributed by atoms with Crippen LogP contribution in [0.25, 0.3) is 0 Å². The SMILES string of the molecule is COc1ccc(O)c(C(C)C)c1[N+](=O)[O-]. The normalized spacial score (nSPS) is 10.4. The zero-order valence-electron chi connectivity index (χ0n) is 8.85. The molecule has 0 aliphatic carbocycles. The third-order valence-corrected chi connectivity index (χ3v) is 2.14. The summed E-state index contributed by atoms with van der Waals surface area (Å²) in [6.07, 6.45) is 0. The first-order valence-electron chi connectivity index (χ1n) is 4.53. The minimum Gasteiger partial charge on any atom is -0.507 e. The fourth-order valence-electron chi connectivity index (χ4n) is 1.50.